The number of hydrogen-bond donors (Lipinski definition) is 2. The normalized spacial score (nSPS) is 18.4. The molecule has 0 spiro atoms. The van der Waals surface area contributed by atoms with Gasteiger partial charge in [-0.3, -0.25) is 9.69 Å². The van der Waals surface area contributed by atoms with Gasteiger partial charge in [-0.05, 0) is 43.7 Å². The number of carbonyl (C=O) groups excluding carboxylic acids is 2. The molecule has 0 aliphatic carbocycles. The Bertz CT molecular complexity index is 1140. The summed E-state index contributed by atoms with van der Waals surface area (Å²) in [6, 6.07) is 8.31. The van der Waals surface area contributed by atoms with Crippen molar-refractivity contribution in [3.8, 4) is 5.75 Å². The van der Waals surface area contributed by atoms with Crippen LogP contribution >= 0.6 is 0 Å². The third-order valence-electron chi connectivity index (χ3n) is 5.45. The molecule has 32 heavy (non-hydrogen) atoms. The number of rotatable bonds is 2. The van der Waals surface area contributed by atoms with E-state index in [2.05, 4.69) is 10.6 Å². The van der Waals surface area contributed by atoms with Gasteiger partial charge in [0.15, 0.2) is 0 Å². The number of carbonyl (C=O) groups is 2. The zero-order valence-corrected chi connectivity index (χ0v) is 17.8. The zero-order chi connectivity index (χ0) is 23.3. The average molecular weight is 445 g/mol. The van der Waals surface area contributed by atoms with Gasteiger partial charge in [0, 0.05) is 42.9 Å². The molecule has 2 aromatic rings. The van der Waals surface area contributed by atoms with Crippen LogP contribution < -0.4 is 20.3 Å². The minimum absolute atomic E-state index is 0.0940. The monoisotopic (exact) mass is 445 g/mol. The smallest absolute Gasteiger partial charge is 0.416 e. The van der Waals surface area contributed by atoms with E-state index in [9.17, 15) is 22.8 Å². The Morgan fingerprint density at radius 3 is 2.72 bits per heavy atom. The lowest BCUT2D eigenvalue weighted by molar-refractivity contribution is -0.137. The quantitative estimate of drug-likeness (QED) is 0.643. The lowest BCUT2D eigenvalue weighted by atomic mass is 9.88. The summed E-state index contributed by atoms with van der Waals surface area (Å²) in [5, 5.41) is 5.57. The number of nitrogens with zero attached hydrogens (tertiary/aromatic N) is 1. The van der Waals surface area contributed by atoms with E-state index in [0.29, 0.717) is 28.9 Å². The Labute approximate surface area is 183 Å². The molecule has 0 saturated heterocycles. The van der Waals surface area contributed by atoms with Gasteiger partial charge in [-0.25, -0.2) is 4.79 Å². The fourth-order valence-corrected chi connectivity index (χ4v) is 3.98. The van der Waals surface area contributed by atoms with Crippen molar-refractivity contribution in [2.24, 2.45) is 0 Å². The van der Waals surface area contributed by atoms with Crippen molar-refractivity contribution in [3.63, 3.8) is 0 Å². The van der Waals surface area contributed by atoms with E-state index in [1.165, 1.54) is 17.0 Å². The van der Waals surface area contributed by atoms with Crippen LogP contribution in [0.4, 0.5) is 29.3 Å². The second-order valence-corrected chi connectivity index (χ2v) is 8.43. The molecule has 3 amide bonds. The van der Waals surface area contributed by atoms with Crippen molar-refractivity contribution in [1.29, 1.82) is 0 Å². The Morgan fingerprint density at radius 2 is 2.00 bits per heavy atom. The second kappa shape index (κ2) is 7.58. The fraction of sp³-hybridized carbons (Fsp3) is 0.304. The highest BCUT2D eigenvalue weighted by Gasteiger charge is 2.35. The van der Waals surface area contributed by atoms with Crippen molar-refractivity contribution in [2.45, 2.75) is 38.6 Å². The number of fused-ring (bicyclic) bond motifs is 2. The molecule has 168 valence electrons. The second-order valence-electron chi connectivity index (χ2n) is 8.43. The van der Waals surface area contributed by atoms with E-state index in [1.54, 1.807) is 39.1 Å². The molecular weight excluding hydrogens is 423 g/mol. The number of halogens is 3. The first-order chi connectivity index (χ1) is 14.9. The number of amides is 3. The van der Waals surface area contributed by atoms with Crippen LogP contribution in [0, 0.1) is 0 Å². The predicted octanol–water partition coefficient (Wildman–Crippen LogP) is 4.95. The van der Waals surface area contributed by atoms with Crippen LogP contribution in [0.5, 0.6) is 5.75 Å². The van der Waals surface area contributed by atoms with Gasteiger partial charge in [0.1, 0.15) is 11.4 Å². The van der Waals surface area contributed by atoms with Gasteiger partial charge >= 0.3 is 12.2 Å². The summed E-state index contributed by atoms with van der Waals surface area (Å²) in [5.74, 6) is -0.326. The largest absolute Gasteiger partial charge is 0.487 e. The molecule has 2 N–H and O–H groups in total. The van der Waals surface area contributed by atoms with E-state index < -0.39 is 23.2 Å². The van der Waals surface area contributed by atoms with E-state index in [4.69, 9.17) is 4.74 Å². The standard InChI is InChI=1S/C23H22F3N3O3/c1-22(2)11-13(15-8-7-14(23(24,25)26)10-19(15)32-22)9-20(30)28-17-5-4-6-18-16(17)12-27-21(31)29(18)3/h4-10H,11-12H2,1-3H3,(H,27,31)(H,28,30). The number of alkyl halides is 3. The first-order valence-electron chi connectivity index (χ1n) is 10.0. The number of ether oxygens (including phenoxy) is 1. The molecule has 0 fully saturated rings. The highest BCUT2D eigenvalue weighted by molar-refractivity contribution is 6.06. The number of anilines is 2. The Hall–Kier alpha value is -3.49. The molecule has 0 radical (unpaired) electrons. The lowest BCUT2D eigenvalue weighted by Gasteiger charge is -2.34. The van der Waals surface area contributed by atoms with Gasteiger partial charge in [-0.15, -0.1) is 0 Å². The molecule has 0 bridgehead atoms. The Balaban J connectivity index is 1.65. The van der Waals surface area contributed by atoms with Crippen molar-refractivity contribution >= 4 is 28.9 Å². The van der Waals surface area contributed by atoms with Gasteiger partial charge in [0.2, 0.25) is 5.91 Å². The minimum Gasteiger partial charge on any atom is -0.487 e. The predicted molar refractivity (Wildman–Crippen MR) is 114 cm³/mol. The molecule has 9 heteroatoms. The first-order valence-corrected chi connectivity index (χ1v) is 10.0. The summed E-state index contributed by atoms with van der Waals surface area (Å²) in [4.78, 5) is 26.2. The summed E-state index contributed by atoms with van der Waals surface area (Å²) < 4.78 is 45.1. The highest BCUT2D eigenvalue weighted by Crippen LogP contribution is 2.43. The van der Waals surface area contributed by atoms with Crippen molar-refractivity contribution in [3.05, 3.63) is 59.2 Å². The Morgan fingerprint density at radius 1 is 1.25 bits per heavy atom. The summed E-state index contributed by atoms with van der Waals surface area (Å²) in [5.41, 5.74) is 1.46. The van der Waals surface area contributed by atoms with Crippen LogP contribution in [-0.4, -0.2) is 24.6 Å². The molecule has 0 unspecified atom stereocenters. The van der Waals surface area contributed by atoms with Crippen LogP contribution in [-0.2, 0) is 17.5 Å². The van der Waals surface area contributed by atoms with Crippen LogP contribution in [0.3, 0.4) is 0 Å². The maximum atomic E-state index is 13.1. The number of benzene rings is 2. The maximum Gasteiger partial charge on any atom is 0.416 e. The van der Waals surface area contributed by atoms with E-state index in [-0.39, 0.29) is 18.3 Å². The summed E-state index contributed by atoms with van der Waals surface area (Å²) in [7, 11) is 1.64. The molecule has 0 atom stereocenters. The zero-order valence-electron chi connectivity index (χ0n) is 17.8. The first kappa shape index (κ1) is 21.7. The maximum absolute atomic E-state index is 13.1. The summed E-state index contributed by atoms with van der Waals surface area (Å²) in [6.07, 6.45) is -2.75. The number of urea groups is 1. The SMILES string of the molecule is CN1C(=O)NCc2c(NC(=O)C=C3CC(C)(C)Oc4cc(C(F)(F)F)ccc43)cccc21. The lowest BCUT2D eigenvalue weighted by Crippen LogP contribution is -2.41. The topological polar surface area (TPSA) is 70.7 Å². The van der Waals surface area contributed by atoms with E-state index >= 15 is 0 Å². The molecule has 0 aromatic heterocycles. The summed E-state index contributed by atoms with van der Waals surface area (Å²) in [6.45, 7) is 3.79. The molecule has 2 aliphatic heterocycles. The van der Waals surface area contributed by atoms with Crippen molar-refractivity contribution < 1.29 is 27.5 Å². The molecule has 2 aliphatic rings. The molecule has 6 nitrogen and oxygen atoms in total. The van der Waals surface area contributed by atoms with Gasteiger partial charge in [-0.1, -0.05) is 12.1 Å². The van der Waals surface area contributed by atoms with Gasteiger partial charge in [0.25, 0.3) is 0 Å². The van der Waals surface area contributed by atoms with Crippen LogP contribution in [0.1, 0.15) is 37.0 Å². The van der Waals surface area contributed by atoms with Crippen LogP contribution in [0.25, 0.3) is 5.57 Å². The molecule has 4 rings (SSSR count). The molecule has 2 aromatic carbocycles. The van der Waals surface area contributed by atoms with Crippen molar-refractivity contribution in [1.82, 2.24) is 5.32 Å². The fourth-order valence-electron chi connectivity index (χ4n) is 3.98. The van der Waals surface area contributed by atoms with Crippen LogP contribution in [0.15, 0.2) is 42.5 Å². The molecular formula is C23H22F3N3O3. The number of hydrogen-bond acceptors (Lipinski definition) is 3. The average Bonchev–Trinajstić information content (AvgIpc) is 2.69. The van der Waals surface area contributed by atoms with Gasteiger partial charge < -0.3 is 15.4 Å². The van der Waals surface area contributed by atoms with Gasteiger partial charge in [-0.2, -0.15) is 13.2 Å². The van der Waals surface area contributed by atoms with Crippen molar-refractivity contribution in [2.75, 3.05) is 17.3 Å². The van der Waals surface area contributed by atoms with Gasteiger partial charge in [0.05, 0.1) is 11.3 Å². The third-order valence-corrected chi connectivity index (χ3v) is 5.45. The third kappa shape index (κ3) is 4.15. The highest BCUT2D eigenvalue weighted by atomic mass is 19.4. The minimum atomic E-state index is -4.49. The van der Waals surface area contributed by atoms with Crippen LogP contribution in [0.2, 0.25) is 0 Å². The Kier molecular flexibility index (Phi) is 5.15. The van der Waals surface area contributed by atoms with E-state index in [0.717, 1.165) is 17.7 Å². The summed E-state index contributed by atoms with van der Waals surface area (Å²) >= 11 is 0. The number of nitrogens with one attached hydrogen (secondary N) is 2. The van der Waals surface area contributed by atoms with E-state index in [1.807, 2.05) is 0 Å². The molecule has 2 heterocycles. The molecule has 0 saturated carbocycles.